The third kappa shape index (κ3) is 4.41. The molecule has 1 heterocycles. The fourth-order valence-electron chi connectivity index (χ4n) is 2.92. The molecule has 0 aliphatic heterocycles. The van der Waals surface area contributed by atoms with Gasteiger partial charge in [-0.1, -0.05) is 48.6 Å². The number of benzene rings is 2. The number of hydrogen-bond acceptors (Lipinski definition) is 4. The van der Waals surface area contributed by atoms with Crippen molar-refractivity contribution in [1.82, 2.24) is 9.55 Å². The fraction of sp³-hybridized carbons (Fsp3) is 0.190. The number of nitro benzene ring substituents is 1. The zero-order valence-electron chi connectivity index (χ0n) is 15.4. The van der Waals surface area contributed by atoms with Gasteiger partial charge in [-0.15, -0.1) is 0 Å². The van der Waals surface area contributed by atoms with Gasteiger partial charge in [-0.05, 0) is 18.6 Å². The molecule has 0 aliphatic carbocycles. The van der Waals surface area contributed by atoms with Crippen LogP contribution in [0, 0.1) is 10.1 Å². The summed E-state index contributed by atoms with van der Waals surface area (Å²) in [6, 6.07) is 15.4. The van der Waals surface area contributed by atoms with Gasteiger partial charge in [0.15, 0.2) is 0 Å². The van der Waals surface area contributed by atoms with Gasteiger partial charge in [0.2, 0.25) is 0 Å². The lowest BCUT2D eigenvalue weighted by Gasteiger charge is -2.13. The largest absolute Gasteiger partial charge is 0.372 e. The highest BCUT2D eigenvalue weighted by Crippen LogP contribution is 2.31. The Morgan fingerprint density at radius 2 is 1.93 bits per heavy atom. The molecule has 0 saturated heterocycles. The van der Waals surface area contributed by atoms with Crippen molar-refractivity contribution in [3.05, 3.63) is 82.8 Å². The summed E-state index contributed by atoms with van der Waals surface area (Å²) in [5, 5.41) is 11.5. The minimum atomic E-state index is -0.322. The van der Waals surface area contributed by atoms with Crippen LogP contribution in [0.2, 0.25) is 0 Å². The van der Waals surface area contributed by atoms with E-state index >= 15 is 0 Å². The highest BCUT2D eigenvalue weighted by atomic mass is 16.6. The van der Waals surface area contributed by atoms with E-state index in [1.54, 1.807) is 31.1 Å². The Morgan fingerprint density at radius 1 is 1.15 bits per heavy atom. The van der Waals surface area contributed by atoms with Gasteiger partial charge < -0.3 is 9.47 Å². The third-order valence-corrected chi connectivity index (χ3v) is 4.26. The fourth-order valence-corrected chi connectivity index (χ4v) is 2.92. The van der Waals surface area contributed by atoms with E-state index < -0.39 is 0 Å². The van der Waals surface area contributed by atoms with Gasteiger partial charge in [-0.25, -0.2) is 4.98 Å². The second kappa shape index (κ2) is 8.31. The van der Waals surface area contributed by atoms with Crippen LogP contribution in [-0.2, 0) is 6.54 Å². The monoisotopic (exact) mass is 362 g/mol. The molecule has 138 valence electrons. The van der Waals surface area contributed by atoms with E-state index in [-0.39, 0.29) is 10.6 Å². The van der Waals surface area contributed by atoms with E-state index in [9.17, 15) is 10.1 Å². The van der Waals surface area contributed by atoms with Crippen molar-refractivity contribution in [2.24, 2.45) is 0 Å². The van der Waals surface area contributed by atoms with Crippen LogP contribution in [0.1, 0.15) is 12.0 Å². The van der Waals surface area contributed by atoms with Gasteiger partial charge in [-0.2, -0.15) is 0 Å². The summed E-state index contributed by atoms with van der Waals surface area (Å²) in [4.78, 5) is 17.3. The molecule has 0 fully saturated rings. The summed E-state index contributed by atoms with van der Waals surface area (Å²) in [6.45, 7) is 0.761. The molecule has 3 aromatic rings. The third-order valence-electron chi connectivity index (χ3n) is 4.26. The number of anilines is 1. The molecule has 0 radical (unpaired) electrons. The Hall–Kier alpha value is -3.41. The Bertz CT molecular complexity index is 946. The van der Waals surface area contributed by atoms with Crippen LogP contribution < -0.4 is 4.90 Å². The van der Waals surface area contributed by atoms with Crippen LogP contribution in [0.5, 0.6) is 0 Å². The first-order chi connectivity index (χ1) is 13.1. The average Bonchev–Trinajstić information content (AvgIpc) is 3.14. The smallest absolute Gasteiger partial charge is 0.299 e. The summed E-state index contributed by atoms with van der Waals surface area (Å²) >= 11 is 0. The zero-order chi connectivity index (χ0) is 19.2. The molecule has 27 heavy (non-hydrogen) atoms. The van der Waals surface area contributed by atoms with Gasteiger partial charge >= 0.3 is 0 Å². The summed E-state index contributed by atoms with van der Waals surface area (Å²) in [5.41, 5.74) is 3.37. The molecule has 1 aromatic heterocycles. The second-order valence-electron chi connectivity index (χ2n) is 6.42. The van der Waals surface area contributed by atoms with E-state index in [1.165, 1.54) is 0 Å². The molecular weight excluding hydrogens is 340 g/mol. The predicted molar refractivity (Wildman–Crippen MR) is 109 cm³/mol. The van der Waals surface area contributed by atoms with Crippen LogP contribution in [0.4, 0.5) is 11.4 Å². The minimum absolute atomic E-state index is 0.132. The van der Waals surface area contributed by atoms with Gasteiger partial charge in [-0.3, -0.25) is 10.1 Å². The van der Waals surface area contributed by atoms with Crippen molar-refractivity contribution in [3.8, 4) is 11.3 Å². The number of imidazole rings is 1. The molecule has 6 nitrogen and oxygen atoms in total. The number of rotatable bonds is 7. The first kappa shape index (κ1) is 18.4. The lowest BCUT2D eigenvalue weighted by Crippen LogP contribution is -2.11. The SMILES string of the molecule is CN(C)c1cccc(C=CCCn2cnc(-c3ccccc3)c2)c1[N+](=O)[O-]. The maximum Gasteiger partial charge on any atom is 0.299 e. The minimum Gasteiger partial charge on any atom is -0.372 e. The van der Waals surface area contributed by atoms with E-state index in [2.05, 4.69) is 4.98 Å². The molecule has 2 aromatic carbocycles. The van der Waals surface area contributed by atoms with Crippen LogP contribution in [0.25, 0.3) is 17.3 Å². The van der Waals surface area contributed by atoms with Crippen molar-refractivity contribution in [2.75, 3.05) is 19.0 Å². The summed E-state index contributed by atoms with van der Waals surface area (Å²) in [5.74, 6) is 0. The molecular formula is C21H22N4O2. The first-order valence-corrected chi connectivity index (χ1v) is 8.74. The molecule has 3 rings (SSSR count). The number of aryl methyl sites for hydroxylation is 1. The van der Waals surface area contributed by atoms with Crippen molar-refractivity contribution < 1.29 is 4.92 Å². The van der Waals surface area contributed by atoms with Crippen LogP contribution in [0.15, 0.2) is 67.1 Å². The van der Waals surface area contributed by atoms with Crippen molar-refractivity contribution >= 4 is 17.5 Å². The van der Waals surface area contributed by atoms with Gasteiger partial charge in [0.05, 0.1) is 22.5 Å². The molecule has 0 unspecified atom stereocenters. The maximum absolute atomic E-state index is 11.5. The van der Waals surface area contributed by atoms with Gasteiger partial charge in [0.1, 0.15) is 5.69 Å². The molecule has 0 N–H and O–H groups in total. The quantitative estimate of drug-likeness (QED) is 0.454. The number of aromatic nitrogens is 2. The maximum atomic E-state index is 11.5. The molecule has 0 saturated carbocycles. The van der Waals surface area contributed by atoms with Gasteiger partial charge in [0, 0.05) is 32.4 Å². The van der Waals surface area contributed by atoms with Crippen molar-refractivity contribution in [1.29, 1.82) is 0 Å². The Morgan fingerprint density at radius 3 is 2.63 bits per heavy atom. The summed E-state index contributed by atoms with van der Waals surface area (Å²) in [6.07, 6.45) is 8.36. The molecule has 0 atom stereocenters. The number of allylic oxidation sites excluding steroid dienone is 1. The number of para-hydroxylation sites is 1. The molecule has 0 spiro atoms. The predicted octanol–water partition coefficient (Wildman–Crippen LogP) is 4.63. The van der Waals surface area contributed by atoms with Gasteiger partial charge in [0.25, 0.3) is 5.69 Å². The highest BCUT2D eigenvalue weighted by molar-refractivity contribution is 5.74. The number of nitro groups is 1. The van der Waals surface area contributed by atoms with Crippen LogP contribution >= 0.6 is 0 Å². The van der Waals surface area contributed by atoms with E-state index in [0.717, 1.165) is 24.2 Å². The molecule has 0 bridgehead atoms. The number of hydrogen-bond donors (Lipinski definition) is 0. The number of nitrogens with zero attached hydrogens (tertiary/aromatic N) is 4. The normalized spacial score (nSPS) is 11.0. The Balaban J connectivity index is 1.68. The van der Waals surface area contributed by atoms with E-state index in [0.29, 0.717) is 11.3 Å². The first-order valence-electron chi connectivity index (χ1n) is 8.74. The lowest BCUT2D eigenvalue weighted by atomic mass is 10.1. The lowest BCUT2D eigenvalue weighted by molar-refractivity contribution is -0.384. The Labute approximate surface area is 158 Å². The Kier molecular flexibility index (Phi) is 5.66. The van der Waals surface area contributed by atoms with Crippen LogP contribution in [0.3, 0.4) is 0 Å². The average molecular weight is 362 g/mol. The summed E-state index contributed by atoms with van der Waals surface area (Å²) in [7, 11) is 3.61. The molecule has 6 heteroatoms. The molecule has 0 amide bonds. The van der Waals surface area contributed by atoms with Crippen molar-refractivity contribution in [2.45, 2.75) is 13.0 Å². The highest BCUT2D eigenvalue weighted by Gasteiger charge is 2.18. The standard InChI is InChI=1S/C21H22N4O2/c1-23(2)20-13-8-12-18(21(20)25(26)27)11-6-7-14-24-15-19(22-16-24)17-9-4-3-5-10-17/h3-6,8-13,15-16H,7,14H2,1-2H3. The van der Waals surface area contributed by atoms with Crippen LogP contribution in [-0.4, -0.2) is 28.6 Å². The second-order valence-corrected chi connectivity index (χ2v) is 6.42. The van der Waals surface area contributed by atoms with E-state index in [4.69, 9.17) is 0 Å². The van der Waals surface area contributed by atoms with Crippen molar-refractivity contribution in [3.63, 3.8) is 0 Å². The zero-order valence-corrected chi connectivity index (χ0v) is 15.4. The topological polar surface area (TPSA) is 64.2 Å². The van der Waals surface area contributed by atoms with E-state index in [1.807, 2.05) is 65.6 Å². The molecule has 0 aliphatic rings. The summed E-state index contributed by atoms with van der Waals surface area (Å²) < 4.78 is 2.03.